The van der Waals surface area contributed by atoms with Gasteiger partial charge >= 0.3 is 5.97 Å². The molecule has 1 heterocycles. The maximum atomic E-state index is 11.2. The average Bonchev–Trinajstić information content (AvgIpc) is 2.35. The van der Waals surface area contributed by atoms with Crippen molar-refractivity contribution in [3.63, 3.8) is 0 Å². The number of morpholine rings is 1. The van der Waals surface area contributed by atoms with Crippen LogP contribution in [0.3, 0.4) is 0 Å². The van der Waals surface area contributed by atoms with Crippen molar-refractivity contribution in [2.24, 2.45) is 0 Å². The van der Waals surface area contributed by atoms with Gasteiger partial charge in [0.25, 0.3) is 0 Å². The van der Waals surface area contributed by atoms with Crippen LogP contribution in [0.25, 0.3) is 0 Å². The molecular weight excluding hydrogens is 218 g/mol. The van der Waals surface area contributed by atoms with Crippen molar-refractivity contribution >= 4 is 5.97 Å². The van der Waals surface area contributed by atoms with Crippen molar-refractivity contribution in [1.82, 2.24) is 4.90 Å². The zero-order valence-corrected chi connectivity index (χ0v) is 10.2. The van der Waals surface area contributed by atoms with Gasteiger partial charge in [0, 0.05) is 12.6 Å². The maximum Gasteiger partial charge on any atom is 0.320 e. The van der Waals surface area contributed by atoms with Crippen molar-refractivity contribution < 1.29 is 14.3 Å². The van der Waals surface area contributed by atoms with Gasteiger partial charge in [0.2, 0.25) is 0 Å². The number of benzene rings is 1. The lowest BCUT2D eigenvalue weighted by molar-refractivity contribution is -0.154. The molecule has 0 N–H and O–H groups in total. The highest BCUT2D eigenvalue weighted by Gasteiger charge is 2.24. The number of carbonyl (C=O) groups excluding carboxylic acids is 1. The Balaban J connectivity index is 2.01. The molecular formula is C13H17NO3. The van der Waals surface area contributed by atoms with E-state index in [1.165, 1.54) is 5.56 Å². The summed E-state index contributed by atoms with van der Waals surface area (Å²) in [5.41, 5.74) is 1.17. The summed E-state index contributed by atoms with van der Waals surface area (Å²) in [7, 11) is 1.65. The minimum Gasteiger partial charge on any atom is -0.497 e. The zero-order chi connectivity index (χ0) is 12.3. The van der Waals surface area contributed by atoms with Gasteiger partial charge in [0.05, 0.1) is 13.7 Å². The molecule has 0 aliphatic carbocycles. The summed E-state index contributed by atoms with van der Waals surface area (Å²) in [5.74, 6) is 0.705. The molecule has 0 aromatic heterocycles. The number of carbonyl (C=O) groups is 1. The molecule has 0 amide bonds. The summed E-state index contributed by atoms with van der Waals surface area (Å²) in [5, 5.41) is 0. The number of hydrogen-bond donors (Lipinski definition) is 0. The molecule has 0 saturated carbocycles. The van der Waals surface area contributed by atoms with Crippen LogP contribution in [0.2, 0.25) is 0 Å². The molecule has 4 heteroatoms. The number of ether oxygens (including phenoxy) is 2. The van der Waals surface area contributed by atoms with Crippen LogP contribution in [0.15, 0.2) is 24.3 Å². The molecule has 1 saturated heterocycles. The van der Waals surface area contributed by atoms with E-state index in [9.17, 15) is 4.79 Å². The topological polar surface area (TPSA) is 38.8 Å². The number of rotatable bonds is 3. The second-order valence-corrected chi connectivity index (χ2v) is 4.29. The molecule has 1 aromatic carbocycles. The molecule has 1 aliphatic heterocycles. The van der Waals surface area contributed by atoms with E-state index in [-0.39, 0.29) is 12.0 Å². The SMILES string of the molecule is COc1ccc(CN2CC(=O)OCC2C)cc1. The van der Waals surface area contributed by atoms with Gasteiger partial charge in [-0.3, -0.25) is 9.69 Å². The lowest BCUT2D eigenvalue weighted by atomic mass is 10.1. The number of nitrogens with zero attached hydrogens (tertiary/aromatic N) is 1. The molecule has 1 atom stereocenters. The van der Waals surface area contributed by atoms with Crippen molar-refractivity contribution in [2.75, 3.05) is 20.3 Å². The summed E-state index contributed by atoms with van der Waals surface area (Å²) >= 11 is 0. The Labute approximate surface area is 101 Å². The lowest BCUT2D eigenvalue weighted by Gasteiger charge is -2.32. The third-order valence-corrected chi connectivity index (χ3v) is 2.99. The highest BCUT2D eigenvalue weighted by atomic mass is 16.5. The molecule has 1 aromatic rings. The largest absolute Gasteiger partial charge is 0.497 e. The van der Waals surface area contributed by atoms with Crippen LogP contribution in [0.4, 0.5) is 0 Å². The molecule has 0 spiro atoms. The summed E-state index contributed by atoms with van der Waals surface area (Å²) < 4.78 is 10.1. The van der Waals surface area contributed by atoms with Gasteiger partial charge in [-0.15, -0.1) is 0 Å². The maximum absolute atomic E-state index is 11.2. The molecule has 1 fully saturated rings. The predicted octanol–water partition coefficient (Wildman–Crippen LogP) is 1.44. The smallest absolute Gasteiger partial charge is 0.320 e. The molecule has 1 unspecified atom stereocenters. The van der Waals surface area contributed by atoms with Crippen LogP contribution >= 0.6 is 0 Å². The fraction of sp³-hybridized carbons (Fsp3) is 0.462. The van der Waals surface area contributed by atoms with Crippen molar-refractivity contribution in [3.05, 3.63) is 29.8 Å². The minimum atomic E-state index is -0.142. The molecule has 92 valence electrons. The Morgan fingerprint density at radius 1 is 1.41 bits per heavy atom. The molecule has 4 nitrogen and oxygen atoms in total. The van der Waals surface area contributed by atoms with Crippen LogP contribution in [0.5, 0.6) is 5.75 Å². The third kappa shape index (κ3) is 2.97. The fourth-order valence-corrected chi connectivity index (χ4v) is 1.86. The van der Waals surface area contributed by atoms with Crippen LogP contribution in [-0.2, 0) is 16.1 Å². The molecule has 17 heavy (non-hydrogen) atoms. The Morgan fingerprint density at radius 2 is 2.12 bits per heavy atom. The Bertz CT molecular complexity index is 388. The highest BCUT2D eigenvalue weighted by molar-refractivity contribution is 5.72. The normalized spacial score (nSPS) is 21.1. The molecule has 0 bridgehead atoms. The van der Waals surface area contributed by atoms with Crippen LogP contribution in [-0.4, -0.2) is 37.2 Å². The second kappa shape index (κ2) is 5.19. The van der Waals surface area contributed by atoms with E-state index >= 15 is 0 Å². The average molecular weight is 235 g/mol. The Hall–Kier alpha value is -1.55. The number of cyclic esters (lactones) is 1. The van der Waals surface area contributed by atoms with Gasteiger partial charge in [-0.2, -0.15) is 0 Å². The van der Waals surface area contributed by atoms with Crippen molar-refractivity contribution in [1.29, 1.82) is 0 Å². The van der Waals surface area contributed by atoms with E-state index in [2.05, 4.69) is 11.8 Å². The third-order valence-electron chi connectivity index (χ3n) is 2.99. The van der Waals surface area contributed by atoms with E-state index in [4.69, 9.17) is 9.47 Å². The van der Waals surface area contributed by atoms with E-state index in [1.54, 1.807) is 7.11 Å². The first-order chi connectivity index (χ1) is 8.19. The first-order valence-corrected chi connectivity index (χ1v) is 5.71. The lowest BCUT2D eigenvalue weighted by Crippen LogP contribution is -2.45. The van der Waals surface area contributed by atoms with E-state index in [1.807, 2.05) is 24.3 Å². The Morgan fingerprint density at radius 3 is 2.76 bits per heavy atom. The minimum absolute atomic E-state index is 0.142. The van der Waals surface area contributed by atoms with Crippen molar-refractivity contribution in [3.8, 4) is 5.75 Å². The highest BCUT2D eigenvalue weighted by Crippen LogP contribution is 2.16. The van der Waals surface area contributed by atoms with Gasteiger partial charge in [0.1, 0.15) is 12.4 Å². The fourth-order valence-electron chi connectivity index (χ4n) is 1.86. The van der Waals surface area contributed by atoms with Crippen LogP contribution < -0.4 is 4.74 Å². The summed E-state index contributed by atoms with van der Waals surface area (Å²) in [6.07, 6.45) is 0. The molecule has 1 aliphatic rings. The first kappa shape index (κ1) is 11.9. The Kier molecular flexibility index (Phi) is 3.64. The molecule has 0 radical (unpaired) electrons. The van der Waals surface area contributed by atoms with Gasteiger partial charge in [-0.25, -0.2) is 0 Å². The van der Waals surface area contributed by atoms with Gasteiger partial charge < -0.3 is 9.47 Å². The number of methoxy groups -OCH3 is 1. The zero-order valence-electron chi connectivity index (χ0n) is 10.2. The van der Waals surface area contributed by atoms with Gasteiger partial charge in [0.15, 0.2) is 0 Å². The van der Waals surface area contributed by atoms with Crippen LogP contribution in [0.1, 0.15) is 12.5 Å². The number of hydrogen-bond acceptors (Lipinski definition) is 4. The molecule has 2 rings (SSSR count). The summed E-state index contributed by atoms with van der Waals surface area (Å²) in [4.78, 5) is 13.3. The summed E-state index contributed by atoms with van der Waals surface area (Å²) in [6.45, 7) is 3.68. The quantitative estimate of drug-likeness (QED) is 0.743. The summed E-state index contributed by atoms with van der Waals surface area (Å²) in [6, 6.07) is 8.18. The van der Waals surface area contributed by atoms with Crippen LogP contribution in [0, 0.1) is 0 Å². The van der Waals surface area contributed by atoms with Crippen molar-refractivity contribution in [2.45, 2.75) is 19.5 Å². The number of esters is 1. The van der Waals surface area contributed by atoms with E-state index in [0.29, 0.717) is 13.2 Å². The standard InChI is InChI=1S/C13H17NO3/c1-10-9-17-13(15)8-14(10)7-11-3-5-12(16-2)6-4-11/h3-6,10H,7-9H2,1-2H3. The van der Waals surface area contributed by atoms with Gasteiger partial charge in [-0.1, -0.05) is 12.1 Å². The monoisotopic (exact) mass is 235 g/mol. The van der Waals surface area contributed by atoms with E-state index in [0.717, 1.165) is 12.3 Å². The first-order valence-electron chi connectivity index (χ1n) is 5.71. The van der Waals surface area contributed by atoms with E-state index < -0.39 is 0 Å². The predicted molar refractivity (Wildman–Crippen MR) is 63.8 cm³/mol. The van der Waals surface area contributed by atoms with Gasteiger partial charge in [-0.05, 0) is 24.6 Å². The second-order valence-electron chi connectivity index (χ2n) is 4.29.